The van der Waals surface area contributed by atoms with E-state index in [-0.39, 0.29) is 0 Å². The molecule has 0 radical (unpaired) electrons. The highest BCUT2D eigenvalue weighted by molar-refractivity contribution is 5.01. The van der Waals surface area contributed by atoms with Crippen molar-refractivity contribution < 1.29 is 4.76 Å². The highest BCUT2D eigenvalue weighted by Gasteiger charge is 1.99. The largest absolute Gasteiger partial charge is 0.221 e. The zero-order valence-corrected chi connectivity index (χ0v) is 3.87. The van der Waals surface area contributed by atoms with Gasteiger partial charge >= 0.3 is 0 Å². The Morgan fingerprint density at radius 2 is 2.29 bits per heavy atom. The SMILES string of the molecule is O=[N+]1C=CC=CC1. The zero-order chi connectivity index (χ0) is 5.11. The van der Waals surface area contributed by atoms with Crippen LogP contribution < -0.4 is 0 Å². The summed E-state index contributed by atoms with van der Waals surface area (Å²) < 4.78 is 0.875. The lowest BCUT2D eigenvalue weighted by molar-refractivity contribution is -0.469. The van der Waals surface area contributed by atoms with Crippen LogP contribution in [0.15, 0.2) is 24.4 Å². The first-order chi connectivity index (χ1) is 3.39. The van der Waals surface area contributed by atoms with Gasteiger partial charge in [-0.25, -0.2) is 0 Å². The molecule has 0 atom stereocenters. The van der Waals surface area contributed by atoms with Gasteiger partial charge in [0.05, 0.1) is 0 Å². The molecule has 0 saturated carbocycles. The average molecular weight is 96.1 g/mol. The first kappa shape index (κ1) is 4.24. The van der Waals surface area contributed by atoms with E-state index in [1.807, 2.05) is 12.2 Å². The Hall–Kier alpha value is -0.920. The molecule has 0 unspecified atom stereocenters. The molecular formula is C5H6NO+. The fraction of sp³-hybridized carbons (Fsp3) is 0.200. The fourth-order valence-corrected chi connectivity index (χ4v) is 0.450. The van der Waals surface area contributed by atoms with Crippen molar-refractivity contribution >= 4 is 0 Å². The summed E-state index contributed by atoms with van der Waals surface area (Å²) in [4.78, 5) is 10.2. The minimum Gasteiger partial charge on any atom is -0.0538 e. The normalized spacial score (nSPS) is 18.0. The maximum atomic E-state index is 10.2. The number of hydrogen-bond acceptors (Lipinski definition) is 1. The van der Waals surface area contributed by atoms with Gasteiger partial charge in [-0.05, 0) is 6.08 Å². The van der Waals surface area contributed by atoms with Crippen molar-refractivity contribution in [3.05, 3.63) is 29.3 Å². The molecule has 1 aliphatic rings. The van der Waals surface area contributed by atoms with E-state index < -0.39 is 0 Å². The summed E-state index contributed by atoms with van der Waals surface area (Å²) in [6.07, 6.45) is 6.89. The van der Waals surface area contributed by atoms with Gasteiger partial charge in [-0.1, -0.05) is 6.08 Å². The molecule has 0 bridgehead atoms. The van der Waals surface area contributed by atoms with Crippen LogP contribution in [0.5, 0.6) is 0 Å². The Morgan fingerprint density at radius 3 is 2.57 bits per heavy atom. The molecule has 0 fully saturated rings. The van der Waals surface area contributed by atoms with Crippen LogP contribution in [0.4, 0.5) is 0 Å². The van der Waals surface area contributed by atoms with Crippen molar-refractivity contribution in [1.29, 1.82) is 0 Å². The quantitative estimate of drug-likeness (QED) is 0.409. The minimum atomic E-state index is 0.497. The highest BCUT2D eigenvalue weighted by atomic mass is 16.3. The Kier molecular flexibility index (Phi) is 1.02. The van der Waals surface area contributed by atoms with Crippen LogP contribution in [0.25, 0.3) is 0 Å². The molecule has 0 N–H and O–H groups in total. The van der Waals surface area contributed by atoms with Gasteiger partial charge in [0.1, 0.15) is 0 Å². The summed E-state index contributed by atoms with van der Waals surface area (Å²) in [7, 11) is 0. The van der Waals surface area contributed by atoms with Crippen LogP contribution in [-0.2, 0) is 0 Å². The van der Waals surface area contributed by atoms with Crippen LogP contribution in [0.1, 0.15) is 0 Å². The van der Waals surface area contributed by atoms with Crippen LogP contribution in [0.3, 0.4) is 0 Å². The van der Waals surface area contributed by atoms with Crippen molar-refractivity contribution in [2.45, 2.75) is 0 Å². The number of allylic oxidation sites excluding steroid dienone is 2. The lowest BCUT2D eigenvalue weighted by Crippen LogP contribution is -1.99. The van der Waals surface area contributed by atoms with Gasteiger partial charge in [0.2, 0.25) is 12.7 Å². The lowest BCUT2D eigenvalue weighted by atomic mass is 10.4. The Bertz CT molecular complexity index is 135. The Balaban J connectivity index is 2.66. The Morgan fingerprint density at radius 1 is 1.43 bits per heavy atom. The smallest absolute Gasteiger partial charge is 0.0538 e. The number of nitroso groups, excluding NO2 is 1. The molecule has 2 heteroatoms. The van der Waals surface area contributed by atoms with Crippen LogP contribution in [0, 0.1) is 4.91 Å². The predicted molar refractivity (Wildman–Crippen MR) is 26.8 cm³/mol. The summed E-state index contributed by atoms with van der Waals surface area (Å²) in [5, 5.41) is 0. The Labute approximate surface area is 41.7 Å². The fourth-order valence-electron chi connectivity index (χ4n) is 0.450. The topological polar surface area (TPSA) is 20.1 Å². The first-order valence-corrected chi connectivity index (χ1v) is 2.17. The van der Waals surface area contributed by atoms with Crippen molar-refractivity contribution in [2.24, 2.45) is 0 Å². The third-order valence-corrected chi connectivity index (χ3v) is 0.785. The molecule has 36 valence electrons. The van der Waals surface area contributed by atoms with Crippen LogP contribution >= 0.6 is 0 Å². The second-order valence-electron chi connectivity index (χ2n) is 1.37. The summed E-state index contributed by atoms with van der Waals surface area (Å²) in [6, 6.07) is 0. The summed E-state index contributed by atoms with van der Waals surface area (Å²) in [5.74, 6) is 0. The lowest BCUT2D eigenvalue weighted by Gasteiger charge is -1.81. The molecule has 0 amide bonds. The summed E-state index contributed by atoms with van der Waals surface area (Å²) in [5.41, 5.74) is 0. The standard InChI is InChI=1S/C5H6NO/c7-6-4-2-1-3-5-6/h1-4H,5H2/q+1. The van der Waals surface area contributed by atoms with Gasteiger partial charge in [-0.2, -0.15) is 0 Å². The van der Waals surface area contributed by atoms with E-state index >= 15 is 0 Å². The van der Waals surface area contributed by atoms with Crippen molar-refractivity contribution in [3.63, 3.8) is 0 Å². The predicted octanol–water partition coefficient (Wildman–Crippen LogP) is 0.849. The van der Waals surface area contributed by atoms with Crippen LogP contribution in [-0.4, -0.2) is 11.3 Å². The molecule has 1 rings (SSSR count). The molecule has 7 heavy (non-hydrogen) atoms. The molecular weight excluding hydrogens is 90.1 g/mol. The highest BCUT2D eigenvalue weighted by Crippen LogP contribution is 1.87. The van der Waals surface area contributed by atoms with Gasteiger partial charge in [0, 0.05) is 15.7 Å². The van der Waals surface area contributed by atoms with E-state index in [9.17, 15) is 4.91 Å². The van der Waals surface area contributed by atoms with Gasteiger partial charge in [-0.3, -0.25) is 0 Å². The number of rotatable bonds is 0. The van der Waals surface area contributed by atoms with Gasteiger partial charge < -0.3 is 0 Å². The molecule has 0 aliphatic carbocycles. The van der Waals surface area contributed by atoms with Crippen molar-refractivity contribution in [2.75, 3.05) is 6.54 Å². The second kappa shape index (κ2) is 1.69. The first-order valence-electron chi connectivity index (χ1n) is 2.17. The third kappa shape index (κ3) is 0.961. The van der Waals surface area contributed by atoms with E-state index in [0.717, 1.165) is 4.76 Å². The van der Waals surface area contributed by atoms with E-state index in [1.165, 1.54) is 6.20 Å². The third-order valence-electron chi connectivity index (χ3n) is 0.785. The molecule has 2 nitrogen and oxygen atoms in total. The average Bonchev–Trinajstić information content (AvgIpc) is 1.69. The summed E-state index contributed by atoms with van der Waals surface area (Å²) >= 11 is 0. The second-order valence-corrected chi connectivity index (χ2v) is 1.37. The van der Waals surface area contributed by atoms with E-state index in [2.05, 4.69) is 0 Å². The summed E-state index contributed by atoms with van der Waals surface area (Å²) in [6.45, 7) is 0.497. The van der Waals surface area contributed by atoms with Crippen molar-refractivity contribution in [3.8, 4) is 0 Å². The number of nitrogens with zero attached hydrogens (tertiary/aromatic N) is 1. The van der Waals surface area contributed by atoms with E-state index in [0.29, 0.717) is 6.54 Å². The molecule has 1 heterocycles. The molecule has 0 saturated heterocycles. The molecule has 0 aromatic heterocycles. The van der Waals surface area contributed by atoms with Gasteiger partial charge in [0.25, 0.3) is 0 Å². The van der Waals surface area contributed by atoms with E-state index in [1.54, 1.807) is 6.08 Å². The van der Waals surface area contributed by atoms with Crippen molar-refractivity contribution in [1.82, 2.24) is 0 Å². The molecule has 0 spiro atoms. The molecule has 0 aromatic rings. The molecule has 1 aliphatic heterocycles. The maximum absolute atomic E-state index is 10.2. The maximum Gasteiger partial charge on any atom is 0.221 e. The molecule has 0 aromatic carbocycles. The van der Waals surface area contributed by atoms with Crippen LogP contribution in [0.2, 0.25) is 0 Å². The van der Waals surface area contributed by atoms with Gasteiger partial charge in [0.15, 0.2) is 0 Å². The monoisotopic (exact) mass is 96.0 g/mol. The van der Waals surface area contributed by atoms with Gasteiger partial charge in [-0.15, -0.1) is 0 Å². The number of hydrogen-bond donors (Lipinski definition) is 0. The zero-order valence-electron chi connectivity index (χ0n) is 3.87. The minimum absolute atomic E-state index is 0.497. The van der Waals surface area contributed by atoms with E-state index in [4.69, 9.17) is 0 Å².